The molecule has 3 aromatic rings. The van der Waals surface area contributed by atoms with Crippen LogP contribution in [0.1, 0.15) is 12.5 Å². The maximum absolute atomic E-state index is 5.75. The lowest BCUT2D eigenvalue weighted by molar-refractivity contribution is -0.0401. The third-order valence-electron chi connectivity index (χ3n) is 4.10. The Morgan fingerprint density at radius 3 is 2.32 bits per heavy atom. The van der Waals surface area contributed by atoms with Crippen LogP contribution in [0, 0.1) is 0 Å². The molecule has 0 saturated heterocycles. The van der Waals surface area contributed by atoms with Crippen molar-refractivity contribution in [3.05, 3.63) is 90.8 Å². The molecule has 2 aromatic carbocycles. The summed E-state index contributed by atoms with van der Waals surface area (Å²) in [4.78, 5) is 13.6. The Morgan fingerprint density at radius 1 is 0.920 bits per heavy atom. The fourth-order valence-corrected chi connectivity index (χ4v) is 2.75. The number of aromatic nitrogens is 2. The fourth-order valence-electron chi connectivity index (χ4n) is 2.75. The fraction of sp³-hybridized carbons (Fsp3) is 0.100. The second-order valence-electron chi connectivity index (χ2n) is 5.94. The van der Waals surface area contributed by atoms with Crippen molar-refractivity contribution in [3.63, 3.8) is 0 Å². The number of hydroxylamine groups is 1. The van der Waals surface area contributed by atoms with Crippen molar-refractivity contribution in [3.8, 4) is 16.9 Å². The van der Waals surface area contributed by atoms with Gasteiger partial charge in [-0.1, -0.05) is 54.6 Å². The lowest BCUT2D eigenvalue weighted by Gasteiger charge is -2.20. The van der Waals surface area contributed by atoms with Crippen molar-refractivity contribution < 1.29 is 9.57 Å². The van der Waals surface area contributed by atoms with Crippen LogP contribution in [0.4, 0.5) is 0 Å². The lowest BCUT2D eigenvalue weighted by atomic mass is 9.94. The average Bonchev–Trinajstić information content (AvgIpc) is 3.05. The summed E-state index contributed by atoms with van der Waals surface area (Å²) in [5.74, 6) is 1.07. The highest BCUT2D eigenvalue weighted by atomic mass is 16.7. The lowest BCUT2D eigenvalue weighted by Crippen LogP contribution is -2.23. The average molecular weight is 331 g/mol. The van der Waals surface area contributed by atoms with Gasteiger partial charge in [0.1, 0.15) is 11.9 Å². The number of ether oxygens (including phenoxy) is 1. The second-order valence-corrected chi connectivity index (χ2v) is 5.94. The zero-order chi connectivity index (χ0) is 17.1. The third kappa shape index (κ3) is 3.22. The molecule has 0 saturated carbocycles. The summed E-state index contributed by atoms with van der Waals surface area (Å²) in [6.45, 7) is 1.98. The van der Waals surface area contributed by atoms with Crippen LogP contribution in [0.5, 0.6) is 5.75 Å². The summed E-state index contributed by atoms with van der Waals surface area (Å²) in [5.41, 5.74) is 5.60. The molecule has 0 fully saturated rings. The molecule has 0 radical (unpaired) electrons. The largest absolute Gasteiger partial charge is 0.436 e. The van der Waals surface area contributed by atoms with E-state index in [1.807, 2.05) is 31.2 Å². The Morgan fingerprint density at radius 2 is 1.60 bits per heavy atom. The summed E-state index contributed by atoms with van der Waals surface area (Å²) in [6.07, 6.45) is 6.55. The minimum Gasteiger partial charge on any atom is -0.436 e. The van der Waals surface area contributed by atoms with E-state index in [0.29, 0.717) is 11.6 Å². The van der Waals surface area contributed by atoms with Gasteiger partial charge in [-0.05, 0) is 23.6 Å². The predicted molar refractivity (Wildman–Crippen MR) is 94.2 cm³/mol. The molecule has 0 amide bonds. The molecule has 124 valence electrons. The highest BCUT2D eigenvalue weighted by molar-refractivity contribution is 5.63. The maximum atomic E-state index is 5.75. The Hall–Kier alpha value is -3.18. The number of hydrogen-bond acceptors (Lipinski definition) is 5. The molecule has 0 aliphatic carbocycles. The summed E-state index contributed by atoms with van der Waals surface area (Å²) in [6, 6.07) is 18.6. The summed E-state index contributed by atoms with van der Waals surface area (Å²) >= 11 is 0. The van der Waals surface area contributed by atoms with Crippen LogP contribution < -0.4 is 10.2 Å². The quantitative estimate of drug-likeness (QED) is 0.788. The molecule has 1 aliphatic rings. The zero-order valence-electron chi connectivity index (χ0n) is 13.7. The van der Waals surface area contributed by atoms with E-state index in [-0.39, 0.29) is 0 Å². The molecule has 2 heterocycles. The predicted octanol–water partition coefficient (Wildman–Crippen LogP) is 3.81. The van der Waals surface area contributed by atoms with Gasteiger partial charge in [0.2, 0.25) is 5.88 Å². The highest BCUT2D eigenvalue weighted by Crippen LogP contribution is 2.33. The van der Waals surface area contributed by atoms with Crippen molar-refractivity contribution in [1.29, 1.82) is 0 Å². The van der Waals surface area contributed by atoms with E-state index < -0.39 is 5.60 Å². The van der Waals surface area contributed by atoms with Crippen LogP contribution in [0.2, 0.25) is 0 Å². The first-order valence-electron chi connectivity index (χ1n) is 7.99. The van der Waals surface area contributed by atoms with Gasteiger partial charge in [0.25, 0.3) is 0 Å². The van der Waals surface area contributed by atoms with Crippen molar-refractivity contribution in [1.82, 2.24) is 15.4 Å². The van der Waals surface area contributed by atoms with Crippen molar-refractivity contribution in [2.75, 3.05) is 0 Å². The maximum Gasteiger partial charge on any atom is 0.216 e. The molecule has 1 aliphatic heterocycles. The molecule has 1 atom stereocenters. The van der Waals surface area contributed by atoms with Crippen LogP contribution in [0.15, 0.2) is 85.3 Å². The van der Waals surface area contributed by atoms with Crippen LogP contribution in [0.3, 0.4) is 0 Å². The van der Waals surface area contributed by atoms with Gasteiger partial charge in [0, 0.05) is 6.08 Å². The molecule has 0 unspecified atom stereocenters. The Balaban J connectivity index is 1.55. The standard InChI is InChI=1S/C20H17N3O2/c1-20(11-19(23-25-20)24-18-12-21-14-22-13-18)17-9-7-16(8-10-17)15-5-3-2-4-6-15/h2-14,23H,1H3/t20-/m0/s1. The van der Waals surface area contributed by atoms with Gasteiger partial charge in [0.05, 0.1) is 12.4 Å². The third-order valence-corrected chi connectivity index (χ3v) is 4.10. The smallest absolute Gasteiger partial charge is 0.216 e. The molecule has 5 heteroatoms. The zero-order valence-corrected chi connectivity index (χ0v) is 13.7. The summed E-state index contributed by atoms with van der Waals surface area (Å²) in [5, 5.41) is 0. The topological polar surface area (TPSA) is 56.3 Å². The van der Waals surface area contributed by atoms with E-state index in [4.69, 9.17) is 9.57 Å². The molecule has 0 bridgehead atoms. The first-order chi connectivity index (χ1) is 12.2. The minimum atomic E-state index is -0.611. The highest BCUT2D eigenvalue weighted by Gasteiger charge is 2.33. The molecular formula is C20H17N3O2. The van der Waals surface area contributed by atoms with Gasteiger partial charge in [0.15, 0.2) is 5.75 Å². The second kappa shape index (κ2) is 6.37. The van der Waals surface area contributed by atoms with Crippen molar-refractivity contribution in [2.45, 2.75) is 12.5 Å². The monoisotopic (exact) mass is 331 g/mol. The van der Waals surface area contributed by atoms with E-state index >= 15 is 0 Å². The van der Waals surface area contributed by atoms with E-state index in [0.717, 1.165) is 5.56 Å². The van der Waals surface area contributed by atoms with Gasteiger partial charge < -0.3 is 4.74 Å². The van der Waals surface area contributed by atoms with Crippen LogP contribution in [-0.4, -0.2) is 9.97 Å². The molecule has 25 heavy (non-hydrogen) atoms. The van der Waals surface area contributed by atoms with E-state index in [1.54, 1.807) is 12.4 Å². The number of benzene rings is 2. The van der Waals surface area contributed by atoms with Crippen LogP contribution in [0.25, 0.3) is 11.1 Å². The van der Waals surface area contributed by atoms with Gasteiger partial charge in [-0.15, -0.1) is 0 Å². The number of rotatable bonds is 4. The van der Waals surface area contributed by atoms with Gasteiger partial charge >= 0.3 is 0 Å². The SMILES string of the molecule is C[C@@]1(c2ccc(-c3ccccc3)cc2)C=C(Oc2cncnc2)NO1. The van der Waals surface area contributed by atoms with Gasteiger partial charge in [-0.2, -0.15) is 0 Å². The Kier molecular flexibility index (Phi) is 3.91. The molecule has 5 nitrogen and oxygen atoms in total. The summed E-state index contributed by atoms with van der Waals surface area (Å²) < 4.78 is 5.69. The molecular weight excluding hydrogens is 314 g/mol. The number of nitrogens with one attached hydrogen (secondary N) is 1. The minimum absolute atomic E-state index is 0.518. The molecule has 1 aromatic heterocycles. The molecule has 0 spiro atoms. The van der Waals surface area contributed by atoms with E-state index in [9.17, 15) is 0 Å². The van der Waals surface area contributed by atoms with Gasteiger partial charge in [-0.25, -0.2) is 15.4 Å². The summed E-state index contributed by atoms with van der Waals surface area (Å²) in [7, 11) is 0. The van der Waals surface area contributed by atoms with Crippen LogP contribution >= 0.6 is 0 Å². The van der Waals surface area contributed by atoms with Crippen molar-refractivity contribution in [2.24, 2.45) is 0 Å². The molecule has 1 N–H and O–H groups in total. The number of hydrogen-bond donors (Lipinski definition) is 1. The Labute approximate surface area is 145 Å². The Bertz CT molecular complexity index is 880. The van der Waals surface area contributed by atoms with E-state index in [2.05, 4.69) is 51.8 Å². The van der Waals surface area contributed by atoms with Gasteiger partial charge in [-0.3, -0.25) is 4.84 Å². The first-order valence-corrected chi connectivity index (χ1v) is 7.99. The van der Waals surface area contributed by atoms with Crippen molar-refractivity contribution >= 4 is 0 Å². The first kappa shape index (κ1) is 15.4. The van der Waals surface area contributed by atoms with E-state index in [1.165, 1.54) is 17.5 Å². The van der Waals surface area contributed by atoms with Crippen LogP contribution in [-0.2, 0) is 10.4 Å². The number of nitrogens with zero attached hydrogens (tertiary/aromatic N) is 2. The normalized spacial score (nSPS) is 19.2. The molecule has 4 rings (SSSR count).